The van der Waals surface area contributed by atoms with Gasteiger partial charge in [0.05, 0.1) is 6.61 Å². The molecule has 1 aliphatic heterocycles. The molecule has 4 heteroatoms. The lowest BCUT2D eigenvalue weighted by Gasteiger charge is -2.11. The van der Waals surface area contributed by atoms with Gasteiger partial charge in [-0.3, -0.25) is 4.79 Å². The van der Waals surface area contributed by atoms with E-state index in [0.717, 1.165) is 12.0 Å². The van der Waals surface area contributed by atoms with Crippen LogP contribution in [0.1, 0.15) is 12.0 Å². The Morgan fingerprint density at radius 2 is 2.28 bits per heavy atom. The van der Waals surface area contributed by atoms with Crippen molar-refractivity contribution in [3.63, 3.8) is 0 Å². The van der Waals surface area contributed by atoms with E-state index in [1.165, 1.54) is 0 Å². The number of hydrogen-bond donors (Lipinski definition) is 1. The molecule has 0 saturated carbocycles. The van der Waals surface area contributed by atoms with Crippen molar-refractivity contribution in [2.24, 2.45) is 5.92 Å². The van der Waals surface area contributed by atoms with Gasteiger partial charge in [-0.05, 0) is 24.5 Å². The second-order valence-electron chi connectivity index (χ2n) is 4.40. The Morgan fingerprint density at radius 3 is 3.00 bits per heavy atom. The van der Waals surface area contributed by atoms with Crippen molar-refractivity contribution in [3.05, 3.63) is 29.8 Å². The molecule has 1 saturated heterocycles. The monoisotopic (exact) mass is 250 g/mol. The second-order valence-corrected chi connectivity index (χ2v) is 4.40. The second kappa shape index (κ2) is 6.52. The summed E-state index contributed by atoms with van der Waals surface area (Å²) >= 11 is 0. The molecule has 1 aromatic rings. The van der Waals surface area contributed by atoms with Crippen LogP contribution in [0, 0.1) is 5.92 Å². The number of ketones is 1. The van der Waals surface area contributed by atoms with Gasteiger partial charge >= 0.3 is 0 Å². The molecule has 0 aliphatic carbocycles. The largest absolute Gasteiger partial charge is 0.486 e. The maximum Gasteiger partial charge on any atom is 0.175 e. The van der Waals surface area contributed by atoms with Crippen LogP contribution in [-0.2, 0) is 16.0 Å². The molecule has 1 fully saturated rings. The first-order valence-corrected chi connectivity index (χ1v) is 6.23. The van der Waals surface area contributed by atoms with Gasteiger partial charge in [0.1, 0.15) is 12.4 Å². The third-order valence-electron chi connectivity index (χ3n) is 3.11. The van der Waals surface area contributed by atoms with E-state index in [4.69, 9.17) is 14.6 Å². The molecular formula is C14H18O4. The van der Waals surface area contributed by atoms with E-state index in [9.17, 15) is 4.79 Å². The summed E-state index contributed by atoms with van der Waals surface area (Å²) in [7, 11) is 0. The first-order chi connectivity index (χ1) is 8.81. The molecule has 4 nitrogen and oxygen atoms in total. The van der Waals surface area contributed by atoms with Crippen molar-refractivity contribution >= 4 is 5.78 Å². The van der Waals surface area contributed by atoms with E-state index in [2.05, 4.69) is 0 Å². The number of carbonyl (C=O) groups excluding carboxylic acids is 1. The first-order valence-electron chi connectivity index (χ1n) is 6.23. The first kappa shape index (κ1) is 13.1. The average Bonchev–Trinajstić information content (AvgIpc) is 2.92. The number of hydrogen-bond acceptors (Lipinski definition) is 4. The van der Waals surface area contributed by atoms with E-state index in [0.29, 0.717) is 25.4 Å². The summed E-state index contributed by atoms with van der Waals surface area (Å²) in [5, 5.41) is 8.96. The average molecular weight is 250 g/mol. The number of para-hydroxylation sites is 1. The lowest BCUT2D eigenvalue weighted by molar-refractivity contribution is -0.124. The Morgan fingerprint density at radius 1 is 1.44 bits per heavy atom. The molecule has 0 radical (unpaired) electrons. The van der Waals surface area contributed by atoms with Gasteiger partial charge in [0.15, 0.2) is 5.78 Å². The molecule has 1 N–H and O–H groups in total. The van der Waals surface area contributed by atoms with Crippen LogP contribution in [0.5, 0.6) is 5.75 Å². The van der Waals surface area contributed by atoms with Crippen LogP contribution >= 0.6 is 0 Å². The van der Waals surface area contributed by atoms with Gasteiger partial charge in [0.25, 0.3) is 0 Å². The number of aliphatic hydroxyl groups excluding tert-OH is 1. The summed E-state index contributed by atoms with van der Waals surface area (Å²) in [4.78, 5) is 11.8. The topological polar surface area (TPSA) is 55.8 Å². The number of Topliss-reactive ketones (excluding diaryl/α,β-unsaturated/α-hetero) is 1. The minimum Gasteiger partial charge on any atom is -0.486 e. The normalized spacial score (nSPS) is 18.8. The fourth-order valence-corrected chi connectivity index (χ4v) is 2.03. The smallest absolute Gasteiger partial charge is 0.175 e. The van der Waals surface area contributed by atoms with Gasteiger partial charge in [0, 0.05) is 19.1 Å². The van der Waals surface area contributed by atoms with Gasteiger partial charge in [-0.2, -0.15) is 0 Å². The fourth-order valence-electron chi connectivity index (χ4n) is 2.03. The summed E-state index contributed by atoms with van der Waals surface area (Å²) < 4.78 is 10.7. The molecule has 1 aromatic carbocycles. The number of rotatable bonds is 6. The Bertz CT molecular complexity index is 397. The minimum absolute atomic E-state index is 0.0185. The molecule has 1 unspecified atom stereocenters. The van der Waals surface area contributed by atoms with Crippen LogP contribution in [0.25, 0.3) is 0 Å². The van der Waals surface area contributed by atoms with Crippen molar-refractivity contribution in [1.82, 2.24) is 0 Å². The summed E-state index contributed by atoms with van der Waals surface area (Å²) in [6, 6.07) is 7.47. The zero-order valence-electron chi connectivity index (χ0n) is 10.3. The van der Waals surface area contributed by atoms with Crippen molar-refractivity contribution in [1.29, 1.82) is 0 Å². The van der Waals surface area contributed by atoms with Crippen LogP contribution in [0.15, 0.2) is 24.3 Å². The van der Waals surface area contributed by atoms with Gasteiger partial charge in [-0.25, -0.2) is 0 Å². The summed E-state index contributed by atoms with van der Waals surface area (Å²) in [6.07, 6.45) is 1.33. The zero-order valence-corrected chi connectivity index (χ0v) is 10.3. The molecule has 0 amide bonds. The molecular weight excluding hydrogens is 232 g/mol. The lowest BCUT2D eigenvalue weighted by Crippen LogP contribution is -2.22. The molecule has 1 heterocycles. The predicted octanol–water partition coefficient (Wildman–Crippen LogP) is 1.21. The van der Waals surface area contributed by atoms with E-state index >= 15 is 0 Å². The predicted molar refractivity (Wildman–Crippen MR) is 66.7 cm³/mol. The highest BCUT2D eigenvalue weighted by Gasteiger charge is 2.23. The standard InChI is InChI=1S/C14H18O4/c15-7-5-11-3-1-2-4-14(11)18-10-13(16)12-6-8-17-9-12/h1-4,12,15H,5-10H2. The highest BCUT2D eigenvalue weighted by molar-refractivity contribution is 5.82. The van der Waals surface area contributed by atoms with E-state index in [1.54, 1.807) is 0 Å². The van der Waals surface area contributed by atoms with Gasteiger partial charge < -0.3 is 14.6 Å². The Labute approximate surface area is 107 Å². The molecule has 0 bridgehead atoms. The highest BCUT2D eigenvalue weighted by atomic mass is 16.5. The summed E-state index contributed by atoms with van der Waals surface area (Å²) in [6.45, 7) is 1.33. The Kier molecular flexibility index (Phi) is 4.73. The fraction of sp³-hybridized carbons (Fsp3) is 0.500. The van der Waals surface area contributed by atoms with E-state index < -0.39 is 0 Å². The van der Waals surface area contributed by atoms with Gasteiger partial charge in [-0.15, -0.1) is 0 Å². The van der Waals surface area contributed by atoms with E-state index in [-0.39, 0.29) is 24.9 Å². The van der Waals surface area contributed by atoms with Crippen molar-refractivity contribution in [2.45, 2.75) is 12.8 Å². The third kappa shape index (κ3) is 3.31. The zero-order chi connectivity index (χ0) is 12.8. The van der Waals surface area contributed by atoms with Crippen LogP contribution in [0.3, 0.4) is 0 Å². The van der Waals surface area contributed by atoms with Crippen LogP contribution in [0.4, 0.5) is 0 Å². The molecule has 0 spiro atoms. The maximum absolute atomic E-state index is 11.8. The minimum atomic E-state index is -0.0185. The van der Waals surface area contributed by atoms with Crippen LogP contribution in [-0.4, -0.2) is 37.3 Å². The molecule has 2 rings (SSSR count). The SMILES string of the molecule is O=C(COc1ccccc1CCO)C1CCOC1. The van der Waals surface area contributed by atoms with Crippen LogP contribution < -0.4 is 4.74 Å². The third-order valence-corrected chi connectivity index (χ3v) is 3.11. The number of aliphatic hydroxyl groups is 1. The highest BCUT2D eigenvalue weighted by Crippen LogP contribution is 2.19. The van der Waals surface area contributed by atoms with Crippen molar-refractivity contribution in [2.75, 3.05) is 26.4 Å². The van der Waals surface area contributed by atoms with Crippen LogP contribution in [0.2, 0.25) is 0 Å². The van der Waals surface area contributed by atoms with Crippen molar-refractivity contribution in [3.8, 4) is 5.75 Å². The molecule has 98 valence electrons. The molecule has 1 atom stereocenters. The molecule has 18 heavy (non-hydrogen) atoms. The quantitative estimate of drug-likeness (QED) is 0.824. The Balaban J connectivity index is 1.90. The lowest BCUT2D eigenvalue weighted by atomic mass is 10.0. The number of benzene rings is 1. The molecule has 1 aliphatic rings. The number of ether oxygens (including phenoxy) is 2. The van der Waals surface area contributed by atoms with Gasteiger partial charge in [-0.1, -0.05) is 18.2 Å². The Hall–Kier alpha value is -1.39. The summed E-state index contributed by atoms with van der Waals surface area (Å²) in [5.41, 5.74) is 0.926. The van der Waals surface area contributed by atoms with E-state index in [1.807, 2.05) is 24.3 Å². The van der Waals surface area contributed by atoms with Crippen molar-refractivity contribution < 1.29 is 19.4 Å². The van der Waals surface area contributed by atoms with Gasteiger partial charge in [0.2, 0.25) is 0 Å². The number of carbonyl (C=O) groups is 1. The summed E-state index contributed by atoms with van der Waals surface area (Å²) in [5.74, 6) is 0.750. The maximum atomic E-state index is 11.8. The molecule has 0 aromatic heterocycles.